The first kappa shape index (κ1) is 15.2. The molecule has 0 amide bonds. The number of carbonyl (C=O) groups is 1. The molecule has 0 aliphatic rings. The van der Waals surface area contributed by atoms with Gasteiger partial charge in [0, 0.05) is 5.57 Å². The van der Waals surface area contributed by atoms with Crippen molar-refractivity contribution >= 4 is 5.97 Å². The Balaban J connectivity index is 3.63. The van der Waals surface area contributed by atoms with Crippen molar-refractivity contribution in [2.24, 2.45) is 5.92 Å². The highest BCUT2D eigenvalue weighted by Crippen LogP contribution is 2.21. The normalized spacial score (nSPS) is 12.4. The van der Waals surface area contributed by atoms with E-state index >= 15 is 0 Å². The van der Waals surface area contributed by atoms with Crippen LogP contribution in [0.15, 0.2) is 12.2 Å². The van der Waals surface area contributed by atoms with E-state index in [1.165, 1.54) is 32.1 Å². The Labute approximate surface area is 99.7 Å². The summed E-state index contributed by atoms with van der Waals surface area (Å²) < 4.78 is 0. The average molecular weight is 226 g/mol. The molecule has 1 atom stereocenters. The Morgan fingerprint density at radius 3 is 2.19 bits per heavy atom. The van der Waals surface area contributed by atoms with Crippen LogP contribution in [0.25, 0.3) is 0 Å². The topological polar surface area (TPSA) is 37.3 Å². The third kappa shape index (κ3) is 6.65. The Bertz CT molecular complexity index is 209. The number of hydrogen-bond acceptors (Lipinski definition) is 1. The lowest BCUT2D eigenvalue weighted by Crippen LogP contribution is -2.10. The molecule has 2 nitrogen and oxygen atoms in total. The smallest absolute Gasteiger partial charge is 0.331 e. The van der Waals surface area contributed by atoms with E-state index in [2.05, 4.69) is 13.5 Å². The number of unbranched alkanes of at least 4 members (excludes halogenated alkanes) is 5. The van der Waals surface area contributed by atoms with E-state index < -0.39 is 5.97 Å². The number of rotatable bonds is 10. The molecule has 2 heteroatoms. The van der Waals surface area contributed by atoms with Crippen LogP contribution in [-0.2, 0) is 4.79 Å². The van der Waals surface area contributed by atoms with Crippen molar-refractivity contribution < 1.29 is 9.90 Å². The van der Waals surface area contributed by atoms with Crippen LogP contribution >= 0.6 is 0 Å². The lowest BCUT2D eigenvalue weighted by Gasteiger charge is -2.14. The van der Waals surface area contributed by atoms with Crippen LogP contribution in [-0.4, -0.2) is 11.1 Å². The standard InChI is InChI=1S/C14H26O2/c1-4-6-7-8-9-10-11-13(5-2)12(3)14(15)16/h13H,3-11H2,1-2H3,(H,15,16). The second-order valence-electron chi connectivity index (χ2n) is 4.49. The maximum absolute atomic E-state index is 10.8. The van der Waals surface area contributed by atoms with E-state index in [1.54, 1.807) is 0 Å². The van der Waals surface area contributed by atoms with Crippen LogP contribution in [0.3, 0.4) is 0 Å². The van der Waals surface area contributed by atoms with Gasteiger partial charge in [-0.2, -0.15) is 0 Å². The van der Waals surface area contributed by atoms with Gasteiger partial charge in [-0.3, -0.25) is 0 Å². The molecule has 94 valence electrons. The van der Waals surface area contributed by atoms with Crippen molar-refractivity contribution in [3.05, 3.63) is 12.2 Å². The molecule has 0 aromatic heterocycles. The van der Waals surface area contributed by atoms with E-state index in [0.29, 0.717) is 5.57 Å². The fraction of sp³-hybridized carbons (Fsp3) is 0.786. The predicted octanol–water partition coefficient (Wildman–Crippen LogP) is 4.40. The number of carboxylic acids is 1. The molecule has 0 spiro atoms. The summed E-state index contributed by atoms with van der Waals surface area (Å²) in [6.07, 6.45) is 9.41. The number of carboxylic acid groups (broad SMARTS) is 1. The van der Waals surface area contributed by atoms with Crippen LogP contribution in [0.4, 0.5) is 0 Å². The second-order valence-corrected chi connectivity index (χ2v) is 4.49. The summed E-state index contributed by atoms with van der Waals surface area (Å²) in [4.78, 5) is 10.8. The van der Waals surface area contributed by atoms with Gasteiger partial charge in [0.1, 0.15) is 0 Å². The lowest BCUT2D eigenvalue weighted by molar-refractivity contribution is -0.133. The summed E-state index contributed by atoms with van der Waals surface area (Å²) in [5, 5.41) is 8.86. The molecule has 0 saturated carbocycles. The molecule has 0 aromatic carbocycles. The van der Waals surface area contributed by atoms with Gasteiger partial charge in [0.15, 0.2) is 0 Å². The molecular formula is C14H26O2. The quantitative estimate of drug-likeness (QED) is 0.442. The minimum absolute atomic E-state index is 0.170. The first-order chi connectivity index (χ1) is 7.63. The maximum atomic E-state index is 10.8. The first-order valence-corrected chi connectivity index (χ1v) is 6.55. The van der Waals surface area contributed by atoms with E-state index in [9.17, 15) is 4.79 Å². The van der Waals surface area contributed by atoms with Crippen LogP contribution in [0.1, 0.15) is 65.2 Å². The number of aliphatic carboxylic acids is 1. The Hall–Kier alpha value is -0.790. The second kappa shape index (κ2) is 9.44. The number of hydrogen-bond donors (Lipinski definition) is 1. The van der Waals surface area contributed by atoms with Gasteiger partial charge in [-0.1, -0.05) is 59.0 Å². The molecular weight excluding hydrogens is 200 g/mol. The van der Waals surface area contributed by atoms with Crippen molar-refractivity contribution in [3.63, 3.8) is 0 Å². The zero-order chi connectivity index (χ0) is 12.4. The Morgan fingerprint density at radius 1 is 1.12 bits per heavy atom. The van der Waals surface area contributed by atoms with Gasteiger partial charge in [-0.15, -0.1) is 0 Å². The Morgan fingerprint density at radius 2 is 1.69 bits per heavy atom. The Kier molecular flexibility index (Phi) is 8.97. The average Bonchev–Trinajstić information content (AvgIpc) is 2.27. The third-order valence-corrected chi connectivity index (χ3v) is 3.17. The summed E-state index contributed by atoms with van der Waals surface area (Å²) in [7, 11) is 0. The van der Waals surface area contributed by atoms with E-state index in [4.69, 9.17) is 5.11 Å². The van der Waals surface area contributed by atoms with Crippen molar-refractivity contribution in [3.8, 4) is 0 Å². The van der Waals surface area contributed by atoms with E-state index in [1.807, 2.05) is 6.92 Å². The largest absolute Gasteiger partial charge is 0.478 e. The summed E-state index contributed by atoms with van der Waals surface area (Å²) in [6, 6.07) is 0. The third-order valence-electron chi connectivity index (χ3n) is 3.17. The van der Waals surface area contributed by atoms with Crippen LogP contribution in [0, 0.1) is 5.92 Å². The highest BCUT2D eigenvalue weighted by Gasteiger charge is 2.15. The fourth-order valence-corrected chi connectivity index (χ4v) is 1.97. The summed E-state index contributed by atoms with van der Waals surface area (Å²) in [5.41, 5.74) is 0.385. The minimum atomic E-state index is -0.835. The van der Waals surface area contributed by atoms with Crippen molar-refractivity contribution in [1.29, 1.82) is 0 Å². The highest BCUT2D eigenvalue weighted by molar-refractivity contribution is 5.86. The summed E-state index contributed by atoms with van der Waals surface area (Å²) in [6.45, 7) is 7.90. The van der Waals surface area contributed by atoms with Crippen molar-refractivity contribution in [1.82, 2.24) is 0 Å². The van der Waals surface area contributed by atoms with Crippen molar-refractivity contribution in [2.75, 3.05) is 0 Å². The molecule has 1 unspecified atom stereocenters. The minimum Gasteiger partial charge on any atom is -0.478 e. The predicted molar refractivity (Wildman–Crippen MR) is 68.5 cm³/mol. The molecule has 0 fully saturated rings. The van der Waals surface area contributed by atoms with Gasteiger partial charge < -0.3 is 5.11 Å². The van der Waals surface area contributed by atoms with Gasteiger partial charge in [-0.25, -0.2) is 4.79 Å². The molecule has 0 aliphatic carbocycles. The molecule has 1 N–H and O–H groups in total. The SMILES string of the molecule is C=C(C(=O)O)C(CC)CCCCCCCC. The zero-order valence-corrected chi connectivity index (χ0v) is 10.8. The lowest BCUT2D eigenvalue weighted by atomic mass is 9.91. The van der Waals surface area contributed by atoms with E-state index in [-0.39, 0.29) is 5.92 Å². The molecule has 0 heterocycles. The van der Waals surface area contributed by atoms with Gasteiger partial charge in [0.2, 0.25) is 0 Å². The molecule has 0 aromatic rings. The molecule has 0 bridgehead atoms. The zero-order valence-electron chi connectivity index (χ0n) is 10.8. The molecule has 0 aliphatic heterocycles. The maximum Gasteiger partial charge on any atom is 0.331 e. The fourth-order valence-electron chi connectivity index (χ4n) is 1.97. The van der Waals surface area contributed by atoms with Crippen LogP contribution in [0.2, 0.25) is 0 Å². The monoisotopic (exact) mass is 226 g/mol. The van der Waals surface area contributed by atoms with E-state index in [0.717, 1.165) is 19.3 Å². The van der Waals surface area contributed by atoms with Crippen molar-refractivity contribution in [2.45, 2.75) is 65.2 Å². The van der Waals surface area contributed by atoms with Crippen LogP contribution in [0.5, 0.6) is 0 Å². The molecule has 0 radical (unpaired) electrons. The van der Waals surface area contributed by atoms with Gasteiger partial charge in [0.25, 0.3) is 0 Å². The molecule has 0 rings (SSSR count). The first-order valence-electron chi connectivity index (χ1n) is 6.55. The van der Waals surface area contributed by atoms with Gasteiger partial charge in [-0.05, 0) is 18.8 Å². The van der Waals surface area contributed by atoms with Gasteiger partial charge >= 0.3 is 5.97 Å². The molecule has 0 saturated heterocycles. The summed E-state index contributed by atoms with van der Waals surface area (Å²) >= 11 is 0. The van der Waals surface area contributed by atoms with Crippen LogP contribution < -0.4 is 0 Å². The molecule has 16 heavy (non-hydrogen) atoms. The summed E-state index contributed by atoms with van der Waals surface area (Å²) in [5.74, 6) is -0.665. The highest BCUT2D eigenvalue weighted by atomic mass is 16.4. The van der Waals surface area contributed by atoms with Gasteiger partial charge in [0.05, 0.1) is 0 Å².